The van der Waals surface area contributed by atoms with Gasteiger partial charge in [-0.3, -0.25) is 0 Å². The third kappa shape index (κ3) is 6.08. The Morgan fingerprint density at radius 1 is 0.806 bits per heavy atom. The van der Waals surface area contributed by atoms with Crippen LogP contribution in [0.25, 0.3) is 0 Å². The second-order valence-corrected chi connectivity index (χ2v) is 9.29. The molecule has 3 rings (SSSR count). The van der Waals surface area contributed by atoms with Crippen molar-refractivity contribution in [1.29, 1.82) is 0 Å². The molecule has 2 aromatic carbocycles. The number of carboxylic acids is 2. The van der Waals surface area contributed by atoms with Crippen molar-refractivity contribution in [3.05, 3.63) is 58.1 Å². The van der Waals surface area contributed by atoms with Gasteiger partial charge in [0.25, 0.3) is 0 Å². The standard InChI is InChI=1S/C29H40N2O5/c1-5-30(6-2)18-10-12-20-16-17-24-27(25(20)29(34)35)21(14-11-19-31(7-3)8-4)26-22(28(32)33)13-9-15-23(26)36-24/h9,13,15-17,21H,5-8,10-12,14,18-19H2,1-4H3,(H,32,33)(H,34,35). The molecule has 0 fully saturated rings. The molecular weight excluding hydrogens is 456 g/mol. The number of aryl methyl sites for hydroxylation is 1. The molecule has 1 atom stereocenters. The number of hydrogen-bond donors (Lipinski definition) is 2. The highest BCUT2D eigenvalue weighted by Crippen LogP contribution is 2.49. The molecule has 0 radical (unpaired) electrons. The zero-order valence-electron chi connectivity index (χ0n) is 22.0. The number of aromatic carboxylic acids is 2. The fourth-order valence-corrected chi connectivity index (χ4v) is 5.36. The van der Waals surface area contributed by atoms with Crippen LogP contribution in [0.4, 0.5) is 0 Å². The van der Waals surface area contributed by atoms with Crippen molar-refractivity contribution >= 4 is 11.9 Å². The largest absolute Gasteiger partial charge is 0.478 e. The second-order valence-electron chi connectivity index (χ2n) is 9.29. The quantitative estimate of drug-likeness (QED) is 0.346. The second kappa shape index (κ2) is 12.9. The first-order chi connectivity index (χ1) is 17.4. The van der Waals surface area contributed by atoms with E-state index in [0.29, 0.717) is 35.5 Å². The molecule has 0 spiro atoms. The summed E-state index contributed by atoms with van der Waals surface area (Å²) in [6.45, 7) is 14.1. The lowest BCUT2D eigenvalue weighted by Crippen LogP contribution is -2.26. The van der Waals surface area contributed by atoms with Gasteiger partial charge in [0, 0.05) is 17.0 Å². The Hall–Kier alpha value is -2.90. The zero-order valence-corrected chi connectivity index (χ0v) is 22.0. The number of carboxylic acid groups (broad SMARTS) is 2. The van der Waals surface area contributed by atoms with Gasteiger partial charge in [0.15, 0.2) is 0 Å². The molecule has 1 unspecified atom stereocenters. The first kappa shape index (κ1) is 27.7. The van der Waals surface area contributed by atoms with Crippen molar-refractivity contribution in [2.45, 2.75) is 59.3 Å². The number of hydrogen-bond acceptors (Lipinski definition) is 5. The van der Waals surface area contributed by atoms with Crippen LogP contribution in [0.15, 0.2) is 30.3 Å². The maximum atomic E-state index is 12.7. The lowest BCUT2D eigenvalue weighted by atomic mass is 9.78. The van der Waals surface area contributed by atoms with Crippen LogP contribution < -0.4 is 4.74 Å². The predicted octanol–water partition coefficient (Wildman–Crippen LogP) is 5.72. The van der Waals surface area contributed by atoms with Gasteiger partial charge in [0.1, 0.15) is 11.5 Å². The summed E-state index contributed by atoms with van der Waals surface area (Å²) >= 11 is 0. The Bertz CT molecular complexity index is 1060. The first-order valence-corrected chi connectivity index (χ1v) is 13.2. The lowest BCUT2D eigenvalue weighted by molar-refractivity contribution is 0.0686. The first-order valence-electron chi connectivity index (χ1n) is 13.2. The number of benzene rings is 2. The highest BCUT2D eigenvalue weighted by atomic mass is 16.5. The molecule has 0 saturated carbocycles. The van der Waals surface area contributed by atoms with Crippen molar-refractivity contribution in [1.82, 2.24) is 9.80 Å². The smallest absolute Gasteiger partial charge is 0.336 e. The van der Waals surface area contributed by atoms with E-state index in [1.54, 1.807) is 18.2 Å². The molecule has 1 heterocycles. The molecule has 0 aliphatic carbocycles. The number of carbonyl (C=O) groups is 2. The van der Waals surface area contributed by atoms with Crippen LogP contribution in [0.2, 0.25) is 0 Å². The molecule has 2 aromatic rings. The van der Waals surface area contributed by atoms with E-state index in [-0.39, 0.29) is 17.0 Å². The van der Waals surface area contributed by atoms with Crippen molar-refractivity contribution in [3.8, 4) is 11.5 Å². The van der Waals surface area contributed by atoms with Crippen LogP contribution in [0, 0.1) is 0 Å². The summed E-state index contributed by atoms with van der Waals surface area (Å²) in [6, 6.07) is 8.77. The SMILES string of the molecule is CCN(CC)CCCc1ccc2c(c1C(=O)O)C(CCCN(CC)CC)c1c(cccc1C(=O)O)O2. The van der Waals surface area contributed by atoms with Gasteiger partial charge < -0.3 is 24.7 Å². The van der Waals surface area contributed by atoms with Crippen LogP contribution in [0.5, 0.6) is 11.5 Å². The minimum Gasteiger partial charge on any atom is -0.478 e. The zero-order chi connectivity index (χ0) is 26.2. The average Bonchev–Trinajstić information content (AvgIpc) is 2.87. The van der Waals surface area contributed by atoms with E-state index in [1.165, 1.54) is 0 Å². The number of rotatable bonds is 14. The van der Waals surface area contributed by atoms with Crippen molar-refractivity contribution in [3.63, 3.8) is 0 Å². The predicted molar refractivity (Wildman–Crippen MR) is 142 cm³/mol. The van der Waals surface area contributed by atoms with Crippen LogP contribution in [-0.2, 0) is 6.42 Å². The van der Waals surface area contributed by atoms with E-state index in [0.717, 1.165) is 57.7 Å². The molecule has 196 valence electrons. The third-order valence-corrected chi connectivity index (χ3v) is 7.40. The van der Waals surface area contributed by atoms with E-state index in [1.807, 2.05) is 12.1 Å². The molecule has 0 amide bonds. The minimum absolute atomic E-state index is 0.175. The lowest BCUT2D eigenvalue weighted by Gasteiger charge is -2.32. The highest BCUT2D eigenvalue weighted by Gasteiger charge is 2.35. The van der Waals surface area contributed by atoms with Gasteiger partial charge in [-0.2, -0.15) is 0 Å². The molecule has 1 aliphatic heterocycles. The Morgan fingerprint density at radius 3 is 2.00 bits per heavy atom. The molecule has 0 bridgehead atoms. The van der Waals surface area contributed by atoms with Crippen molar-refractivity contribution in [2.24, 2.45) is 0 Å². The third-order valence-electron chi connectivity index (χ3n) is 7.40. The maximum absolute atomic E-state index is 12.7. The van der Waals surface area contributed by atoms with E-state index in [2.05, 4.69) is 37.5 Å². The molecule has 2 N–H and O–H groups in total. The summed E-state index contributed by atoms with van der Waals surface area (Å²) in [5.41, 5.74) is 2.42. The average molecular weight is 497 g/mol. The molecule has 36 heavy (non-hydrogen) atoms. The van der Waals surface area contributed by atoms with E-state index in [4.69, 9.17) is 4.74 Å². The summed E-state index contributed by atoms with van der Waals surface area (Å²) in [5, 5.41) is 20.3. The Morgan fingerprint density at radius 2 is 1.42 bits per heavy atom. The number of ether oxygens (including phenoxy) is 1. The minimum atomic E-state index is -1.03. The van der Waals surface area contributed by atoms with Crippen LogP contribution >= 0.6 is 0 Å². The summed E-state index contributed by atoms with van der Waals surface area (Å²) in [7, 11) is 0. The van der Waals surface area contributed by atoms with E-state index in [9.17, 15) is 19.8 Å². The van der Waals surface area contributed by atoms with Gasteiger partial charge in [0.05, 0.1) is 11.1 Å². The van der Waals surface area contributed by atoms with E-state index < -0.39 is 11.9 Å². The van der Waals surface area contributed by atoms with Crippen molar-refractivity contribution < 1.29 is 24.5 Å². The molecule has 1 aliphatic rings. The Kier molecular flexibility index (Phi) is 9.90. The van der Waals surface area contributed by atoms with Crippen molar-refractivity contribution in [2.75, 3.05) is 39.3 Å². The van der Waals surface area contributed by atoms with Gasteiger partial charge in [-0.05, 0) is 88.7 Å². The van der Waals surface area contributed by atoms with Crippen LogP contribution in [0.3, 0.4) is 0 Å². The normalized spacial score (nSPS) is 14.4. The van der Waals surface area contributed by atoms with Gasteiger partial charge >= 0.3 is 11.9 Å². The topological polar surface area (TPSA) is 90.3 Å². The molecule has 7 nitrogen and oxygen atoms in total. The van der Waals surface area contributed by atoms with Gasteiger partial charge in [-0.1, -0.05) is 39.8 Å². The summed E-state index contributed by atoms with van der Waals surface area (Å²) in [4.78, 5) is 29.5. The fraction of sp³-hybridized carbons (Fsp3) is 0.517. The summed E-state index contributed by atoms with van der Waals surface area (Å²) in [5.74, 6) is -1.36. The number of nitrogens with zero attached hydrogens (tertiary/aromatic N) is 2. The molecular formula is C29H40N2O5. The highest BCUT2D eigenvalue weighted by molar-refractivity contribution is 5.95. The van der Waals surface area contributed by atoms with Crippen LogP contribution in [0.1, 0.15) is 90.3 Å². The fourth-order valence-electron chi connectivity index (χ4n) is 5.36. The van der Waals surface area contributed by atoms with E-state index >= 15 is 0 Å². The maximum Gasteiger partial charge on any atom is 0.336 e. The summed E-state index contributed by atoms with van der Waals surface area (Å²) in [6.07, 6.45) is 2.97. The van der Waals surface area contributed by atoms with Crippen LogP contribution in [-0.4, -0.2) is 71.2 Å². The molecule has 0 saturated heterocycles. The Balaban J connectivity index is 2.06. The molecule has 0 aromatic heterocycles. The molecule has 7 heteroatoms. The van der Waals surface area contributed by atoms with Gasteiger partial charge in [-0.25, -0.2) is 9.59 Å². The monoisotopic (exact) mass is 496 g/mol. The van der Waals surface area contributed by atoms with Gasteiger partial charge in [0.2, 0.25) is 0 Å². The Labute approximate surface area is 214 Å². The summed E-state index contributed by atoms with van der Waals surface area (Å²) < 4.78 is 6.15. The van der Waals surface area contributed by atoms with Gasteiger partial charge in [-0.15, -0.1) is 0 Å². The number of fused-ring (bicyclic) bond motifs is 2.